The Balaban J connectivity index is 4.51. The van der Waals surface area contributed by atoms with E-state index in [1.54, 1.807) is 13.8 Å². The number of hydrogen-bond donors (Lipinski definition) is 2. The summed E-state index contributed by atoms with van der Waals surface area (Å²) in [5.74, 6) is 0. The average molecular weight is 248 g/mol. The second-order valence-electron chi connectivity index (χ2n) is 2.86. The molecule has 0 fully saturated rings. The molecule has 0 aromatic carbocycles. The van der Waals surface area contributed by atoms with E-state index in [0.29, 0.717) is 6.61 Å². The number of methoxy groups -OCH3 is 1. The summed E-state index contributed by atoms with van der Waals surface area (Å²) >= 11 is 1.06. The standard InChI is InChI=1S/C8H16N4O3S/c1-4-15-7(13)6(11-12-10)5(2)16-8(9)14-3/h5-7,9,13H,4H2,1-3H3/t5-,6?,7?/m0/s1. The first-order chi connectivity index (χ1) is 7.56. The van der Waals surface area contributed by atoms with Crippen molar-refractivity contribution < 1.29 is 14.6 Å². The topological polar surface area (TPSA) is 111 Å². The lowest BCUT2D eigenvalue weighted by Gasteiger charge is -2.23. The molecule has 2 N–H and O–H groups in total. The van der Waals surface area contributed by atoms with Gasteiger partial charge in [0, 0.05) is 16.8 Å². The third-order valence-electron chi connectivity index (χ3n) is 1.77. The number of hydrogen-bond acceptors (Lipinski definition) is 6. The smallest absolute Gasteiger partial charge is 0.242 e. The van der Waals surface area contributed by atoms with E-state index in [1.165, 1.54) is 7.11 Å². The van der Waals surface area contributed by atoms with Crippen molar-refractivity contribution in [2.75, 3.05) is 13.7 Å². The molecule has 0 aliphatic heterocycles. The normalized spacial score (nSPS) is 15.8. The predicted molar refractivity (Wildman–Crippen MR) is 62.4 cm³/mol. The summed E-state index contributed by atoms with van der Waals surface area (Å²) in [7, 11) is 1.38. The Bertz CT molecular complexity index is 270. The van der Waals surface area contributed by atoms with Crippen LogP contribution in [0.15, 0.2) is 5.11 Å². The number of aliphatic hydroxyl groups excluding tert-OH is 1. The molecular formula is C8H16N4O3S. The van der Waals surface area contributed by atoms with E-state index in [9.17, 15) is 5.11 Å². The van der Waals surface area contributed by atoms with Crippen molar-refractivity contribution in [2.24, 2.45) is 5.11 Å². The molecule has 7 nitrogen and oxygen atoms in total. The van der Waals surface area contributed by atoms with Gasteiger partial charge in [0.15, 0.2) is 6.29 Å². The molecule has 3 atom stereocenters. The van der Waals surface area contributed by atoms with E-state index < -0.39 is 12.3 Å². The van der Waals surface area contributed by atoms with Crippen LogP contribution in [0.4, 0.5) is 0 Å². The average Bonchev–Trinajstić information content (AvgIpc) is 2.25. The zero-order chi connectivity index (χ0) is 12.6. The summed E-state index contributed by atoms with van der Waals surface area (Å²) in [5.41, 5.74) is 8.39. The van der Waals surface area contributed by atoms with E-state index in [2.05, 4.69) is 14.8 Å². The van der Waals surface area contributed by atoms with Crippen molar-refractivity contribution in [3.8, 4) is 0 Å². The summed E-state index contributed by atoms with van der Waals surface area (Å²) in [4.78, 5) is 2.65. The molecule has 0 aliphatic carbocycles. The molecule has 0 amide bonds. The molecule has 8 heteroatoms. The lowest BCUT2D eigenvalue weighted by atomic mass is 10.2. The number of nitrogens with one attached hydrogen (secondary N) is 1. The first kappa shape index (κ1) is 15.0. The second-order valence-corrected chi connectivity index (χ2v) is 4.21. The van der Waals surface area contributed by atoms with Crippen molar-refractivity contribution in [1.29, 1.82) is 5.41 Å². The van der Waals surface area contributed by atoms with E-state index >= 15 is 0 Å². The second kappa shape index (κ2) is 8.23. The van der Waals surface area contributed by atoms with Crippen LogP contribution in [0.2, 0.25) is 0 Å². The third-order valence-corrected chi connectivity index (χ3v) is 2.81. The molecule has 0 aromatic heterocycles. The Morgan fingerprint density at radius 1 is 1.69 bits per heavy atom. The number of thioether (sulfide) groups is 1. The predicted octanol–water partition coefficient (Wildman–Crippen LogP) is 1.72. The van der Waals surface area contributed by atoms with Gasteiger partial charge in [0.05, 0.1) is 7.11 Å². The molecule has 0 aromatic rings. The van der Waals surface area contributed by atoms with E-state index in [0.717, 1.165) is 11.8 Å². The Morgan fingerprint density at radius 3 is 2.75 bits per heavy atom. The van der Waals surface area contributed by atoms with Crippen molar-refractivity contribution in [3.05, 3.63) is 10.4 Å². The van der Waals surface area contributed by atoms with Gasteiger partial charge in [-0.3, -0.25) is 5.41 Å². The zero-order valence-electron chi connectivity index (χ0n) is 9.45. The van der Waals surface area contributed by atoms with Crippen LogP contribution < -0.4 is 0 Å². The Morgan fingerprint density at radius 2 is 2.31 bits per heavy atom. The van der Waals surface area contributed by atoms with Crippen LogP contribution in [0, 0.1) is 5.41 Å². The fourth-order valence-corrected chi connectivity index (χ4v) is 1.76. The van der Waals surface area contributed by atoms with E-state index in [4.69, 9.17) is 15.7 Å². The molecule has 92 valence electrons. The molecule has 0 rings (SSSR count). The van der Waals surface area contributed by atoms with Gasteiger partial charge in [0.1, 0.15) is 6.04 Å². The minimum atomic E-state index is -1.17. The number of rotatable bonds is 6. The maximum atomic E-state index is 9.58. The van der Waals surface area contributed by atoms with Gasteiger partial charge in [-0.2, -0.15) is 0 Å². The van der Waals surface area contributed by atoms with Gasteiger partial charge >= 0.3 is 0 Å². The highest BCUT2D eigenvalue weighted by atomic mass is 32.2. The van der Waals surface area contributed by atoms with Crippen LogP contribution in [-0.2, 0) is 9.47 Å². The SMILES string of the molecule is CCOC(O)C(N=[N+]=[N-])[C@H](C)SC(=N)OC. The lowest BCUT2D eigenvalue weighted by Crippen LogP contribution is -2.34. The van der Waals surface area contributed by atoms with Gasteiger partial charge in [0.25, 0.3) is 0 Å². The number of nitrogens with zero attached hydrogens (tertiary/aromatic N) is 3. The van der Waals surface area contributed by atoms with Crippen LogP contribution in [0.1, 0.15) is 13.8 Å². The minimum Gasteiger partial charge on any atom is -0.477 e. The summed E-state index contributed by atoms with van der Waals surface area (Å²) in [5, 5.41) is 20.0. The molecule has 2 unspecified atom stereocenters. The molecule has 0 saturated heterocycles. The molecule has 16 heavy (non-hydrogen) atoms. The summed E-state index contributed by atoms with van der Waals surface area (Å²) < 4.78 is 9.64. The monoisotopic (exact) mass is 248 g/mol. The summed E-state index contributed by atoms with van der Waals surface area (Å²) in [6.45, 7) is 3.77. The van der Waals surface area contributed by atoms with Crippen molar-refractivity contribution in [3.63, 3.8) is 0 Å². The van der Waals surface area contributed by atoms with Gasteiger partial charge in [-0.1, -0.05) is 23.8 Å². The number of azide groups is 1. The van der Waals surface area contributed by atoms with Gasteiger partial charge in [-0.15, -0.1) is 0 Å². The Labute approximate surface area is 98.3 Å². The highest BCUT2D eigenvalue weighted by Gasteiger charge is 2.26. The fourth-order valence-electron chi connectivity index (χ4n) is 0.998. The quantitative estimate of drug-likeness (QED) is 0.186. The first-order valence-corrected chi connectivity index (χ1v) is 5.57. The van der Waals surface area contributed by atoms with Crippen LogP contribution in [0.25, 0.3) is 10.4 Å². The zero-order valence-corrected chi connectivity index (χ0v) is 10.3. The van der Waals surface area contributed by atoms with Crippen LogP contribution in [-0.4, -0.2) is 41.6 Å². The van der Waals surface area contributed by atoms with Crippen molar-refractivity contribution in [1.82, 2.24) is 0 Å². The van der Waals surface area contributed by atoms with Crippen LogP contribution in [0.5, 0.6) is 0 Å². The van der Waals surface area contributed by atoms with Crippen molar-refractivity contribution in [2.45, 2.75) is 31.4 Å². The molecular weight excluding hydrogens is 232 g/mol. The molecule has 0 bridgehead atoms. The molecule has 0 aliphatic rings. The molecule has 0 radical (unpaired) electrons. The Hall–Kier alpha value is -0.950. The third kappa shape index (κ3) is 5.22. The van der Waals surface area contributed by atoms with Gasteiger partial charge < -0.3 is 14.6 Å². The maximum absolute atomic E-state index is 9.58. The van der Waals surface area contributed by atoms with E-state index in [-0.39, 0.29) is 10.5 Å². The number of ether oxygens (including phenoxy) is 2. The molecule has 0 saturated carbocycles. The van der Waals surface area contributed by atoms with Crippen LogP contribution in [0.3, 0.4) is 0 Å². The van der Waals surface area contributed by atoms with Crippen LogP contribution >= 0.6 is 11.8 Å². The largest absolute Gasteiger partial charge is 0.477 e. The highest BCUT2D eigenvalue weighted by molar-refractivity contribution is 8.13. The minimum absolute atomic E-state index is 0.00524. The Kier molecular flexibility index (Phi) is 7.74. The lowest BCUT2D eigenvalue weighted by molar-refractivity contribution is -0.108. The van der Waals surface area contributed by atoms with Crippen molar-refractivity contribution >= 4 is 17.0 Å². The maximum Gasteiger partial charge on any atom is 0.242 e. The molecule has 0 heterocycles. The van der Waals surface area contributed by atoms with Gasteiger partial charge in [-0.25, -0.2) is 0 Å². The van der Waals surface area contributed by atoms with E-state index in [1.807, 2.05) is 0 Å². The number of aliphatic hydroxyl groups is 1. The van der Waals surface area contributed by atoms with Gasteiger partial charge in [0.2, 0.25) is 5.23 Å². The van der Waals surface area contributed by atoms with Gasteiger partial charge in [-0.05, 0) is 12.5 Å². The first-order valence-electron chi connectivity index (χ1n) is 4.69. The molecule has 0 spiro atoms. The fraction of sp³-hybridized carbons (Fsp3) is 0.875. The summed E-state index contributed by atoms with van der Waals surface area (Å²) in [6, 6.07) is -0.759. The summed E-state index contributed by atoms with van der Waals surface area (Å²) in [6.07, 6.45) is -1.17. The highest BCUT2D eigenvalue weighted by Crippen LogP contribution is 2.21.